The molecule has 0 unspecified atom stereocenters. The van der Waals surface area contributed by atoms with Gasteiger partial charge in [0.25, 0.3) is 5.56 Å². The molecule has 0 saturated heterocycles. The summed E-state index contributed by atoms with van der Waals surface area (Å²) in [4.78, 5) is 19.3. The van der Waals surface area contributed by atoms with Crippen LogP contribution in [0.5, 0.6) is 5.75 Å². The molecule has 0 bridgehead atoms. The Morgan fingerprint density at radius 1 is 1.33 bits per heavy atom. The number of phenolic OH excluding ortho intramolecular Hbond substituents is 1. The number of hydrogen-bond acceptors (Lipinski definition) is 5. The van der Waals surface area contributed by atoms with E-state index in [1.165, 1.54) is 22.3 Å². The third-order valence-electron chi connectivity index (χ3n) is 4.16. The largest absolute Gasteiger partial charge is 0.507 e. The minimum atomic E-state index is -0.117. The maximum atomic E-state index is 12.8. The molecule has 0 saturated carbocycles. The molecule has 7 heteroatoms. The smallest absolute Gasteiger partial charge is 0.282 e. The van der Waals surface area contributed by atoms with Crippen molar-refractivity contribution in [1.82, 2.24) is 9.66 Å². The average molecular weight is 404 g/mol. The second-order valence-corrected chi connectivity index (χ2v) is 7.68. The van der Waals surface area contributed by atoms with Crippen LogP contribution < -0.4 is 5.56 Å². The van der Waals surface area contributed by atoms with E-state index in [-0.39, 0.29) is 11.3 Å². The van der Waals surface area contributed by atoms with E-state index in [4.69, 9.17) is 0 Å². The van der Waals surface area contributed by atoms with Gasteiger partial charge in [0.15, 0.2) is 0 Å². The van der Waals surface area contributed by atoms with Crippen LogP contribution >= 0.6 is 27.3 Å². The highest BCUT2D eigenvalue weighted by Gasteiger charge is 2.19. The molecule has 0 aliphatic heterocycles. The van der Waals surface area contributed by atoms with Crippen LogP contribution in [0.2, 0.25) is 0 Å². The molecule has 4 rings (SSSR count). The number of halogens is 1. The molecule has 5 nitrogen and oxygen atoms in total. The minimum Gasteiger partial charge on any atom is -0.507 e. The summed E-state index contributed by atoms with van der Waals surface area (Å²) in [6, 6.07) is 5.04. The van der Waals surface area contributed by atoms with Crippen LogP contribution in [0.1, 0.15) is 28.8 Å². The Labute approximate surface area is 150 Å². The van der Waals surface area contributed by atoms with Crippen LogP contribution in [0.4, 0.5) is 0 Å². The van der Waals surface area contributed by atoms with Gasteiger partial charge in [0, 0.05) is 4.88 Å². The first kappa shape index (κ1) is 15.5. The number of rotatable bonds is 2. The van der Waals surface area contributed by atoms with Crippen molar-refractivity contribution >= 4 is 43.7 Å². The Hall–Kier alpha value is -1.99. The lowest BCUT2D eigenvalue weighted by Crippen LogP contribution is -2.18. The van der Waals surface area contributed by atoms with Crippen molar-refractivity contribution < 1.29 is 5.11 Å². The van der Waals surface area contributed by atoms with E-state index in [1.807, 2.05) is 0 Å². The summed E-state index contributed by atoms with van der Waals surface area (Å²) >= 11 is 4.89. The second-order valence-electron chi connectivity index (χ2n) is 5.74. The minimum absolute atomic E-state index is 0.117. The molecule has 0 spiro atoms. The Morgan fingerprint density at radius 2 is 2.17 bits per heavy atom. The lowest BCUT2D eigenvalue weighted by molar-refractivity contribution is 0.472. The molecule has 0 radical (unpaired) electrons. The van der Waals surface area contributed by atoms with Gasteiger partial charge in [0.05, 0.1) is 16.1 Å². The van der Waals surface area contributed by atoms with Crippen LogP contribution in [-0.2, 0) is 12.8 Å². The molecular formula is C17H14BrN3O2S. The van der Waals surface area contributed by atoms with Gasteiger partial charge in [-0.1, -0.05) is 0 Å². The van der Waals surface area contributed by atoms with Crippen LogP contribution in [-0.4, -0.2) is 21.0 Å². The van der Waals surface area contributed by atoms with Crippen molar-refractivity contribution in [2.45, 2.75) is 25.7 Å². The third-order valence-corrected chi connectivity index (χ3v) is 6.00. The van der Waals surface area contributed by atoms with Crippen molar-refractivity contribution in [3.63, 3.8) is 0 Å². The van der Waals surface area contributed by atoms with Crippen molar-refractivity contribution in [3.8, 4) is 5.75 Å². The zero-order valence-electron chi connectivity index (χ0n) is 12.7. The Balaban J connectivity index is 1.77. The predicted octanol–water partition coefficient (Wildman–Crippen LogP) is 3.69. The number of fused-ring (bicyclic) bond motifs is 3. The summed E-state index contributed by atoms with van der Waals surface area (Å²) in [6.45, 7) is 0. The highest BCUT2D eigenvalue weighted by molar-refractivity contribution is 9.10. The number of nitrogens with zero attached hydrogens (tertiary/aromatic N) is 3. The Kier molecular flexibility index (Phi) is 3.97. The Bertz CT molecular complexity index is 1020. The summed E-state index contributed by atoms with van der Waals surface area (Å²) in [5.41, 5.74) is 1.82. The number of thiophene rings is 1. The van der Waals surface area contributed by atoms with Crippen LogP contribution in [0.25, 0.3) is 10.2 Å². The standard InChI is InChI=1S/C17H14BrN3O2S/c18-12-7-10(5-6-13(12)22)8-20-21-9-19-16-15(17(21)23)11-3-1-2-4-14(11)24-16/h5-9,22H,1-4H2/b20-8+. The summed E-state index contributed by atoms with van der Waals surface area (Å²) in [5.74, 6) is 0.164. The van der Waals surface area contributed by atoms with Gasteiger partial charge < -0.3 is 5.11 Å². The molecule has 1 aliphatic rings. The van der Waals surface area contributed by atoms with E-state index >= 15 is 0 Å². The molecule has 1 N–H and O–H groups in total. The summed E-state index contributed by atoms with van der Waals surface area (Å²) in [5, 5.41) is 14.5. The zero-order chi connectivity index (χ0) is 16.7. The first-order valence-corrected chi connectivity index (χ1v) is 9.29. The molecular weight excluding hydrogens is 390 g/mol. The molecule has 0 amide bonds. The number of aryl methyl sites for hydroxylation is 2. The highest BCUT2D eigenvalue weighted by Crippen LogP contribution is 2.33. The molecule has 0 fully saturated rings. The molecule has 2 aromatic heterocycles. The number of benzene rings is 1. The van der Waals surface area contributed by atoms with Gasteiger partial charge in [-0.25, -0.2) is 4.98 Å². The Morgan fingerprint density at radius 3 is 3.00 bits per heavy atom. The first-order chi connectivity index (χ1) is 11.6. The van der Waals surface area contributed by atoms with E-state index in [2.05, 4.69) is 26.0 Å². The fourth-order valence-electron chi connectivity index (χ4n) is 2.95. The number of phenols is 1. The van der Waals surface area contributed by atoms with E-state index in [0.717, 1.165) is 40.6 Å². The fraction of sp³-hybridized carbons (Fsp3) is 0.235. The molecule has 122 valence electrons. The number of aromatic nitrogens is 2. The third kappa shape index (κ3) is 2.67. The van der Waals surface area contributed by atoms with Crippen LogP contribution in [0.3, 0.4) is 0 Å². The normalized spacial score (nSPS) is 14.4. The lowest BCUT2D eigenvalue weighted by atomic mass is 9.97. The highest BCUT2D eigenvalue weighted by atomic mass is 79.9. The number of aromatic hydroxyl groups is 1. The van der Waals surface area contributed by atoms with Crippen molar-refractivity contribution in [3.05, 3.63) is 55.4 Å². The van der Waals surface area contributed by atoms with E-state index in [9.17, 15) is 9.90 Å². The first-order valence-electron chi connectivity index (χ1n) is 7.68. The topological polar surface area (TPSA) is 67.5 Å². The molecule has 2 heterocycles. The van der Waals surface area contributed by atoms with E-state index < -0.39 is 0 Å². The predicted molar refractivity (Wildman–Crippen MR) is 99.3 cm³/mol. The van der Waals surface area contributed by atoms with Crippen molar-refractivity contribution in [1.29, 1.82) is 0 Å². The maximum absolute atomic E-state index is 12.8. The van der Waals surface area contributed by atoms with Gasteiger partial charge in [0.1, 0.15) is 16.9 Å². The molecule has 24 heavy (non-hydrogen) atoms. The fourth-order valence-corrected chi connectivity index (χ4v) is 4.57. The van der Waals surface area contributed by atoms with Crippen LogP contribution in [0, 0.1) is 0 Å². The van der Waals surface area contributed by atoms with E-state index in [0.29, 0.717) is 4.47 Å². The van der Waals surface area contributed by atoms with Gasteiger partial charge in [-0.3, -0.25) is 4.79 Å². The summed E-state index contributed by atoms with van der Waals surface area (Å²) in [6.07, 6.45) is 7.35. The molecule has 1 aromatic carbocycles. The maximum Gasteiger partial charge on any atom is 0.282 e. The lowest BCUT2D eigenvalue weighted by Gasteiger charge is -2.09. The number of hydrogen-bond donors (Lipinski definition) is 1. The van der Waals surface area contributed by atoms with Gasteiger partial charge in [-0.15, -0.1) is 11.3 Å². The summed E-state index contributed by atoms with van der Waals surface area (Å²) < 4.78 is 1.87. The van der Waals surface area contributed by atoms with E-state index in [1.54, 1.807) is 35.8 Å². The second kappa shape index (κ2) is 6.14. The van der Waals surface area contributed by atoms with Crippen LogP contribution in [0.15, 0.2) is 38.9 Å². The van der Waals surface area contributed by atoms with Gasteiger partial charge >= 0.3 is 0 Å². The zero-order valence-corrected chi connectivity index (χ0v) is 15.1. The SMILES string of the molecule is O=c1c2c3c(sc2ncn1/N=C/c1ccc(O)c(Br)c1)CCCC3. The van der Waals surface area contributed by atoms with Gasteiger partial charge in [0.2, 0.25) is 0 Å². The van der Waals surface area contributed by atoms with Gasteiger partial charge in [-0.05, 0) is 70.9 Å². The average Bonchev–Trinajstić information content (AvgIpc) is 2.96. The molecule has 0 atom stereocenters. The molecule has 1 aliphatic carbocycles. The molecule has 3 aromatic rings. The monoisotopic (exact) mass is 403 g/mol. The van der Waals surface area contributed by atoms with Crippen molar-refractivity contribution in [2.24, 2.45) is 5.10 Å². The summed E-state index contributed by atoms with van der Waals surface area (Å²) in [7, 11) is 0. The van der Waals surface area contributed by atoms with Gasteiger partial charge in [-0.2, -0.15) is 9.78 Å². The van der Waals surface area contributed by atoms with Crippen molar-refractivity contribution in [2.75, 3.05) is 0 Å². The quantitative estimate of drug-likeness (QED) is 0.663.